The first-order chi connectivity index (χ1) is 16.3. The number of carbonyl (C=O) groups is 1. The minimum absolute atomic E-state index is 0.0192. The average molecular weight is 444 g/mol. The maximum Gasteiger partial charge on any atom is 0.276 e. The number of piperidine rings is 1. The number of likely N-dealkylation sites (tertiary alicyclic amines) is 1. The number of ether oxygens (including phenoxy) is 1. The van der Waals surface area contributed by atoms with Crippen LogP contribution in [0.1, 0.15) is 42.5 Å². The molecule has 33 heavy (non-hydrogen) atoms. The number of amides is 1. The summed E-state index contributed by atoms with van der Waals surface area (Å²) in [5.41, 5.74) is 1.83. The van der Waals surface area contributed by atoms with Gasteiger partial charge in [0, 0.05) is 13.0 Å². The van der Waals surface area contributed by atoms with Gasteiger partial charge in [0.15, 0.2) is 12.4 Å². The number of rotatable bonds is 7. The molecule has 1 amide bonds. The molecule has 1 aliphatic heterocycles. The number of para-hydroxylation sites is 1. The van der Waals surface area contributed by atoms with Gasteiger partial charge in [-0.25, -0.2) is 4.98 Å². The van der Waals surface area contributed by atoms with Gasteiger partial charge in [-0.2, -0.15) is 4.98 Å². The van der Waals surface area contributed by atoms with Crippen molar-refractivity contribution in [2.24, 2.45) is 0 Å². The zero-order chi connectivity index (χ0) is 22.5. The first kappa shape index (κ1) is 20.9. The topological polar surface area (TPSA) is 97.1 Å². The van der Waals surface area contributed by atoms with Crippen LogP contribution in [0, 0.1) is 0 Å². The maximum absolute atomic E-state index is 12.9. The minimum atomic E-state index is -0.227. The van der Waals surface area contributed by atoms with E-state index in [1.165, 1.54) is 5.56 Å². The van der Waals surface area contributed by atoms with Crippen LogP contribution in [-0.2, 0) is 11.2 Å². The van der Waals surface area contributed by atoms with Gasteiger partial charge in [-0.3, -0.25) is 4.79 Å². The van der Waals surface area contributed by atoms with Crippen molar-refractivity contribution in [3.8, 4) is 17.3 Å². The van der Waals surface area contributed by atoms with Crippen LogP contribution in [0.15, 0.2) is 71.4 Å². The van der Waals surface area contributed by atoms with Crippen LogP contribution in [0.25, 0.3) is 11.6 Å². The van der Waals surface area contributed by atoms with Gasteiger partial charge >= 0.3 is 0 Å². The largest absolute Gasteiger partial charge is 0.484 e. The molecule has 8 nitrogen and oxygen atoms in total. The fourth-order valence-corrected chi connectivity index (χ4v) is 4.07. The van der Waals surface area contributed by atoms with Crippen LogP contribution in [0.5, 0.6) is 5.75 Å². The van der Waals surface area contributed by atoms with Crippen LogP contribution in [0.4, 0.5) is 0 Å². The standard InChI is InChI=1S/C25H25N5O3/c31-23(17-32-19-11-5-2-6-12-19)30-14-8-7-13-21(30)24-28-25(33-29-24)20-16-26-22(27-20)15-18-9-3-1-4-10-18/h1-6,9-12,16,21H,7-8,13-15,17H2,(H,26,27)/t21-/m1/s1. The Morgan fingerprint density at radius 1 is 1.09 bits per heavy atom. The Bertz CT molecular complexity index is 1190. The molecule has 2 aromatic carbocycles. The molecule has 1 atom stereocenters. The smallest absolute Gasteiger partial charge is 0.276 e. The van der Waals surface area contributed by atoms with Gasteiger partial charge in [-0.05, 0) is 37.0 Å². The van der Waals surface area contributed by atoms with Crippen molar-refractivity contribution >= 4 is 5.91 Å². The molecule has 4 aromatic rings. The number of imidazole rings is 1. The second-order valence-corrected chi connectivity index (χ2v) is 8.06. The summed E-state index contributed by atoms with van der Waals surface area (Å²) < 4.78 is 11.2. The molecule has 8 heteroatoms. The number of hydrogen-bond acceptors (Lipinski definition) is 6. The van der Waals surface area contributed by atoms with Crippen LogP contribution < -0.4 is 4.74 Å². The van der Waals surface area contributed by atoms with Crippen LogP contribution in [0.2, 0.25) is 0 Å². The van der Waals surface area contributed by atoms with E-state index in [1.54, 1.807) is 11.1 Å². The number of H-pyrrole nitrogens is 1. The summed E-state index contributed by atoms with van der Waals surface area (Å²) in [5, 5.41) is 4.19. The zero-order valence-electron chi connectivity index (χ0n) is 18.2. The quantitative estimate of drug-likeness (QED) is 0.460. The number of benzene rings is 2. The molecule has 1 N–H and O–H groups in total. The monoisotopic (exact) mass is 443 g/mol. The highest BCUT2D eigenvalue weighted by molar-refractivity contribution is 5.78. The second-order valence-electron chi connectivity index (χ2n) is 8.06. The molecule has 5 rings (SSSR count). The summed E-state index contributed by atoms with van der Waals surface area (Å²) >= 11 is 0. The Kier molecular flexibility index (Phi) is 6.14. The van der Waals surface area contributed by atoms with Gasteiger partial charge in [0.1, 0.15) is 17.3 Å². The van der Waals surface area contributed by atoms with Crippen molar-refractivity contribution in [1.82, 2.24) is 25.0 Å². The number of carbonyl (C=O) groups excluding carboxylic acids is 1. The molecule has 1 fully saturated rings. The predicted molar refractivity (Wildman–Crippen MR) is 121 cm³/mol. The third-order valence-corrected chi connectivity index (χ3v) is 5.74. The Morgan fingerprint density at radius 3 is 2.70 bits per heavy atom. The molecule has 0 unspecified atom stereocenters. The first-order valence-electron chi connectivity index (χ1n) is 11.2. The summed E-state index contributed by atoms with van der Waals surface area (Å²) in [6, 6.07) is 19.2. The molecule has 0 saturated carbocycles. The molecule has 0 aliphatic carbocycles. The number of aromatic nitrogens is 4. The van der Waals surface area contributed by atoms with Crippen LogP contribution in [-0.4, -0.2) is 44.1 Å². The van der Waals surface area contributed by atoms with Crippen LogP contribution >= 0.6 is 0 Å². The average Bonchev–Trinajstić information content (AvgIpc) is 3.54. The fraction of sp³-hybridized carbons (Fsp3) is 0.280. The van der Waals surface area contributed by atoms with E-state index >= 15 is 0 Å². The van der Waals surface area contributed by atoms with E-state index in [0.29, 0.717) is 36.1 Å². The normalized spacial score (nSPS) is 16.0. The number of nitrogens with one attached hydrogen (secondary N) is 1. The van der Waals surface area contributed by atoms with E-state index in [0.717, 1.165) is 25.1 Å². The summed E-state index contributed by atoms with van der Waals surface area (Å²) in [7, 11) is 0. The zero-order valence-corrected chi connectivity index (χ0v) is 18.2. The van der Waals surface area contributed by atoms with Gasteiger partial charge < -0.3 is 19.1 Å². The van der Waals surface area contributed by atoms with E-state index in [4.69, 9.17) is 9.26 Å². The van der Waals surface area contributed by atoms with Gasteiger partial charge in [0.05, 0.1) is 12.2 Å². The highest BCUT2D eigenvalue weighted by Gasteiger charge is 2.32. The highest BCUT2D eigenvalue weighted by atomic mass is 16.5. The molecule has 3 heterocycles. The third kappa shape index (κ3) is 4.95. The second kappa shape index (κ2) is 9.68. The van der Waals surface area contributed by atoms with E-state index in [2.05, 4.69) is 32.2 Å². The van der Waals surface area contributed by atoms with Crippen molar-refractivity contribution in [3.63, 3.8) is 0 Å². The summed E-state index contributed by atoms with van der Waals surface area (Å²) in [6.07, 6.45) is 5.13. The molecule has 0 radical (unpaired) electrons. The van der Waals surface area contributed by atoms with Crippen molar-refractivity contribution < 1.29 is 14.1 Å². The van der Waals surface area contributed by atoms with Gasteiger partial charge in [0.25, 0.3) is 11.8 Å². The minimum Gasteiger partial charge on any atom is -0.484 e. The molecule has 1 aliphatic rings. The molecule has 2 aromatic heterocycles. The van der Waals surface area contributed by atoms with Crippen molar-refractivity contribution in [1.29, 1.82) is 0 Å². The first-order valence-corrected chi connectivity index (χ1v) is 11.2. The lowest BCUT2D eigenvalue weighted by atomic mass is 10.0. The lowest BCUT2D eigenvalue weighted by Crippen LogP contribution is -2.41. The van der Waals surface area contributed by atoms with Gasteiger partial charge in [0.2, 0.25) is 0 Å². The van der Waals surface area contributed by atoms with Gasteiger partial charge in [-0.1, -0.05) is 53.7 Å². The Labute approximate surface area is 191 Å². The number of aromatic amines is 1. The molecule has 1 saturated heterocycles. The molecule has 168 valence electrons. The maximum atomic E-state index is 12.9. The predicted octanol–water partition coefficient (Wildman–Crippen LogP) is 4.18. The van der Waals surface area contributed by atoms with Crippen molar-refractivity contribution in [3.05, 3.63) is 84.1 Å². The van der Waals surface area contributed by atoms with E-state index < -0.39 is 0 Å². The van der Waals surface area contributed by atoms with E-state index in [1.807, 2.05) is 48.5 Å². The lowest BCUT2D eigenvalue weighted by Gasteiger charge is -2.33. The Morgan fingerprint density at radius 2 is 1.88 bits per heavy atom. The molecular weight excluding hydrogens is 418 g/mol. The highest BCUT2D eigenvalue weighted by Crippen LogP contribution is 2.30. The number of hydrogen-bond donors (Lipinski definition) is 1. The van der Waals surface area contributed by atoms with Gasteiger partial charge in [-0.15, -0.1) is 0 Å². The lowest BCUT2D eigenvalue weighted by molar-refractivity contribution is -0.137. The van der Waals surface area contributed by atoms with E-state index in [9.17, 15) is 4.79 Å². The molecule has 0 spiro atoms. The molecule has 0 bridgehead atoms. The fourth-order valence-electron chi connectivity index (χ4n) is 4.07. The number of nitrogens with zero attached hydrogens (tertiary/aromatic N) is 4. The van der Waals surface area contributed by atoms with Crippen LogP contribution in [0.3, 0.4) is 0 Å². The summed E-state index contributed by atoms with van der Waals surface area (Å²) in [6.45, 7) is 0.630. The summed E-state index contributed by atoms with van der Waals surface area (Å²) in [4.78, 5) is 27.0. The Balaban J connectivity index is 1.27. The molecular formula is C25H25N5O3. The van der Waals surface area contributed by atoms with Crippen molar-refractivity contribution in [2.45, 2.75) is 31.7 Å². The third-order valence-electron chi connectivity index (χ3n) is 5.74. The van der Waals surface area contributed by atoms with E-state index in [-0.39, 0.29) is 18.6 Å². The van der Waals surface area contributed by atoms with Crippen molar-refractivity contribution in [2.75, 3.05) is 13.2 Å². The summed E-state index contributed by atoms with van der Waals surface area (Å²) in [5.74, 6) is 2.30. The SMILES string of the molecule is O=C(COc1ccccc1)N1CCCC[C@@H]1c1noc(-c2cnc(Cc3ccccc3)[nH]2)n1. The Hall–Kier alpha value is -3.94.